The van der Waals surface area contributed by atoms with Crippen LogP contribution < -0.4 is 14.8 Å². The molecule has 0 aliphatic heterocycles. The third-order valence-electron chi connectivity index (χ3n) is 4.13. The van der Waals surface area contributed by atoms with Gasteiger partial charge in [0, 0.05) is 5.69 Å². The largest absolute Gasteiger partial charge is 0.493 e. The van der Waals surface area contributed by atoms with Gasteiger partial charge in [-0.05, 0) is 42.2 Å². The molecule has 6 nitrogen and oxygen atoms in total. The lowest BCUT2D eigenvalue weighted by Crippen LogP contribution is -2.22. The fourth-order valence-electron chi connectivity index (χ4n) is 2.69. The van der Waals surface area contributed by atoms with Gasteiger partial charge in [0.05, 0.1) is 19.8 Å². The summed E-state index contributed by atoms with van der Waals surface area (Å²) in [4.78, 5) is 24.0. The maximum absolute atomic E-state index is 12.4. The Morgan fingerprint density at radius 1 is 1.07 bits per heavy atom. The number of methoxy groups -OCH3 is 2. The smallest absolute Gasteiger partial charge is 0.337 e. The molecule has 0 saturated carbocycles. The Morgan fingerprint density at radius 3 is 2.44 bits per heavy atom. The van der Waals surface area contributed by atoms with E-state index in [4.69, 9.17) is 9.47 Å². The van der Waals surface area contributed by atoms with Crippen molar-refractivity contribution in [2.75, 3.05) is 26.1 Å². The van der Waals surface area contributed by atoms with E-state index in [1.165, 1.54) is 20.3 Å². The number of anilines is 1. The molecule has 2 aromatic carbocycles. The molecule has 2 aromatic rings. The van der Waals surface area contributed by atoms with Crippen molar-refractivity contribution in [2.24, 2.45) is 0 Å². The van der Waals surface area contributed by atoms with E-state index in [2.05, 4.69) is 23.9 Å². The standard InChI is InChI=1S/C21H25NO5/c1-13(2)16-8-6-7-14(3)20(16)22-19(23)12-27-17-10-9-15(21(24)26-5)11-18(17)25-4/h6-11,13H,12H2,1-5H3,(H,22,23). The van der Waals surface area contributed by atoms with Gasteiger partial charge in [0.25, 0.3) is 5.91 Å². The normalized spacial score (nSPS) is 10.4. The first-order valence-corrected chi connectivity index (χ1v) is 8.65. The predicted octanol–water partition coefficient (Wildman–Crippen LogP) is 3.93. The van der Waals surface area contributed by atoms with Crippen LogP contribution in [0.15, 0.2) is 36.4 Å². The minimum absolute atomic E-state index is 0.181. The van der Waals surface area contributed by atoms with Crippen molar-refractivity contribution in [3.63, 3.8) is 0 Å². The Morgan fingerprint density at radius 2 is 1.81 bits per heavy atom. The van der Waals surface area contributed by atoms with E-state index in [-0.39, 0.29) is 18.4 Å². The molecule has 27 heavy (non-hydrogen) atoms. The molecule has 0 spiro atoms. The summed E-state index contributed by atoms with van der Waals surface area (Å²) >= 11 is 0. The van der Waals surface area contributed by atoms with E-state index in [9.17, 15) is 9.59 Å². The van der Waals surface area contributed by atoms with Crippen molar-refractivity contribution in [3.05, 3.63) is 53.1 Å². The number of esters is 1. The lowest BCUT2D eigenvalue weighted by Gasteiger charge is -2.17. The van der Waals surface area contributed by atoms with Crippen LogP contribution in [0.4, 0.5) is 5.69 Å². The molecule has 1 amide bonds. The molecule has 0 aliphatic carbocycles. The summed E-state index contributed by atoms with van der Waals surface area (Å²) in [6.07, 6.45) is 0. The summed E-state index contributed by atoms with van der Waals surface area (Å²) in [5, 5.41) is 2.93. The monoisotopic (exact) mass is 371 g/mol. The number of para-hydroxylation sites is 1. The lowest BCUT2D eigenvalue weighted by molar-refractivity contribution is -0.118. The number of rotatable bonds is 7. The summed E-state index contributed by atoms with van der Waals surface area (Å²) in [5.74, 6) is 0.259. The van der Waals surface area contributed by atoms with Crippen LogP contribution >= 0.6 is 0 Å². The van der Waals surface area contributed by atoms with Gasteiger partial charge in [0.2, 0.25) is 0 Å². The zero-order valence-corrected chi connectivity index (χ0v) is 16.3. The van der Waals surface area contributed by atoms with E-state index in [0.717, 1.165) is 16.8 Å². The van der Waals surface area contributed by atoms with Crippen molar-refractivity contribution in [1.82, 2.24) is 0 Å². The highest BCUT2D eigenvalue weighted by atomic mass is 16.5. The number of hydrogen-bond donors (Lipinski definition) is 1. The zero-order chi connectivity index (χ0) is 20.0. The van der Waals surface area contributed by atoms with Crippen molar-refractivity contribution in [1.29, 1.82) is 0 Å². The fraction of sp³-hybridized carbons (Fsp3) is 0.333. The average Bonchev–Trinajstić information content (AvgIpc) is 2.66. The highest BCUT2D eigenvalue weighted by molar-refractivity contribution is 5.93. The van der Waals surface area contributed by atoms with E-state index in [1.54, 1.807) is 12.1 Å². The molecule has 6 heteroatoms. The van der Waals surface area contributed by atoms with Crippen molar-refractivity contribution in [2.45, 2.75) is 26.7 Å². The number of amides is 1. The number of carbonyl (C=O) groups excluding carboxylic acids is 2. The van der Waals surface area contributed by atoms with Gasteiger partial charge < -0.3 is 19.5 Å². The van der Waals surface area contributed by atoms with Crippen molar-refractivity contribution < 1.29 is 23.8 Å². The first-order valence-electron chi connectivity index (χ1n) is 8.65. The highest BCUT2D eigenvalue weighted by Gasteiger charge is 2.15. The molecule has 0 bridgehead atoms. The molecular weight excluding hydrogens is 346 g/mol. The second kappa shape index (κ2) is 9.07. The van der Waals surface area contributed by atoms with Gasteiger partial charge in [-0.25, -0.2) is 4.79 Å². The molecule has 0 unspecified atom stereocenters. The minimum Gasteiger partial charge on any atom is -0.493 e. The summed E-state index contributed by atoms with van der Waals surface area (Å²) < 4.78 is 15.5. The lowest BCUT2D eigenvalue weighted by atomic mass is 9.98. The summed E-state index contributed by atoms with van der Waals surface area (Å²) in [7, 11) is 2.77. The number of carbonyl (C=O) groups is 2. The number of hydrogen-bond acceptors (Lipinski definition) is 5. The topological polar surface area (TPSA) is 73.9 Å². The van der Waals surface area contributed by atoms with Crippen LogP contribution in [0.3, 0.4) is 0 Å². The van der Waals surface area contributed by atoms with E-state index in [1.807, 2.05) is 25.1 Å². The van der Waals surface area contributed by atoms with Gasteiger partial charge in [-0.15, -0.1) is 0 Å². The van der Waals surface area contributed by atoms with Crippen molar-refractivity contribution >= 4 is 17.6 Å². The first-order chi connectivity index (χ1) is 12.9. The maximum atomic E-state index is 12.4. The SMILES string of the molecule is COC(=O)c1ccc(OCC(=O)Nc2c(C)cccc2C(C)C)c(OC)c1. The molecule has 144 valence electrons. The molecule has 2 rings (SSSR count). The van der Waals surface area contributed by atoms with Gasteiger partial charge in [-0.1, -0.05) is 32.0 Å². The summed E-state index contributed by atoms with van der Waals surface area (Å²) in [5.41, 5.74) is 3.22. The average molecular weight is 371 g/mol. The second-order valence-electron chi connectivity index (χ2n) is 6.39. The Kier molecular flexibility index (Phi) is 6.82. The van der Waals surface area contributed by atoms with Crippen LogP contribution in [0.25, 0.3) is 0 Å². The Hall–Kier alpha value is -3.02. The van der Waals surface area contributed by atoms with Crippen LogP contribution in [0.2, 0.25) is 0 Å². The minimum atomic E-state index is -0.474. The molecular formula is C21H25NO5. The molecule has 0 fully saturated rings. The van der Waals surface area contributed by atoms with E-state index >= 15 is 0 Å². The molecule has 0 heterocycles. The Bertz CT molecular complexity index is 829. The first kappa shape index (κ1) is 20.3. The Labute approximate surface area is 159 Å². The van der Waals surface area contributed by atoms with E-state index in [0.29, 0.717) is 17.1 Å². The van der Waals surface area contributed by atoms with Crippen LogP contribution in [-0.2, 0) is 9.53 Å². The highest BCUT2D eigenvalue weighted by Crippen LogP contribution is 2.29. The third-order valence-corrected chi connectivity index (χ3v) is 4.13. The van der Waals surface area contributed by atoms with Crippen LogP contribution in [0, 0.1) is 6.92 Å². The zero-order valence-electron chi connectivity index (χ0n) is 16.3. The maximum Gasteiger partial charge on any atom is 0.337 e. The van der Waals surface area contributed by atoms with Gasteiger partial charge in [-0.2, -0.15) is 0 Å². The van der Waals surface area contributed by atoms with Gasteiger partial charge in [0.1, 0.15) is 0 Å². The molecule has 0 saturated heterocycles. The van der Waals surface area contributed by atoms with Gasteiger partial charge in [0.15, 0.2) is 18.1 Å². The van der Waals surface area contributed by atoms with Crippen LogP contribution in [0.1, 0.15) is 41.3 Å². The molecule has 0 aromatic heterocycles. The Balaban J connectivity index is 2.09. The molecule has 0 radical (unpaired) electrons. The second-order valence-corrected chi connectivity index (χ2v) is 6.39. The molecule has 0 atom stereocenters. The number of nitrogens with one attached hydrogen (secondary N) is 1. The van der Waals surface area contributed by atoms with Crippen molar-refractivity contribution in [3.8, 4) is 11.5 Å². The van der Waals surface area contributed by atoms with Gasteiger partial charge >= 0.3 is 5.97 Å². The number of benzene rings is 2. The van der Waals surface area contributed by atoms with E-state index < -0.39 is 5.97 Å². The fourth-order valence-corrected chi connectivity index (χ4v) is 2.69. The summed E-state index contributed by atoms with van der Waals surface area (Å²) in [6, 6.07) is 10.6. The van der Waals surface area contributed by atoms with Crippen LogP contribution in [0.5, 0.6) is 11.5 Å². The van der Waals surface area contributed by atoms with Gasteiger partial charge in [-0.3, -0.25) is 4.79 Å². The third kappa shape index (κ3) is 5.00. The molecule has 0 aliphatic rings. The predicted molar refractivity (Wildman–Crippen MR) is 104 cm³/mol. The number of aryl methyl sites for hydroxylation is 1. The quantitative estimate of drug-likeness (QED) is 0.747. The molecule has 1 N–H and O–H groups in total. The summed E-state index contributed by atoms with van der Waals surface area (Å²) in [6.45, 7) is 5.93. The van der Waals surface area contributed by atoms with Crippen LogP contribution in [-0.4, -0.2) is 32.7 Å². The number of ether oxygens (including phenoxy) is 3.